The minimum atomic E-state index is -0.212. The van der Waals surface area contributed by atoms with Gasteiger partial charge in [-0.15, -0.1) is 0 Å². The molecule has 63 heavy (non-hydrogen) atoms. The molecule has 3 atom stereocenters. The van der Waals surface area contributed by atoms with Crippen molar-refractivity contribution in [2.24, 2.45) is 16.7 Å². The van der Waals surface area contributed by atoms with Crippen molar-refractivity contribution in [3.05, 3.63) is 137 Å². The van der Waals surface area contributed by atoms with Crippen LogP contribution in [0.25, 0.3) is 39.0 Å². The Bertz CT molecular complexity index is 2490. The van der Waals surface area contributed by atoms with Gasteiger partial charge in [-0.2, -0.15) is 0 Å². The maximum absolute atomic E-state index is 12.1. The number of benzene rings is 5. The molecule has 0 spiro atoms. The first-order chi connectivity index (χ1) is 29.2. The predicted octanol–water partition coefficient (Wildman–Crippen LogP) is 16.4. The van der Waals surface area contributed by atoms with Gasteiger partial charge in [0.2, 0.25) is 0 Å². The van der Waals surface area contributed by atoms with Crippen LogP contribution in [0.4, 0.5) is 0 Å². The van der Waals surface area contributed by atoms with Crippen LogP contribution in [0.5, 0.6) is 23.0 Å². The molecular weight excluding hydrogens is 773 g/mol. The van der Waals surface area contributed by atoms with E-state index < -0.39 is 0 Å². The molecule has 0 bridgehead atoms. The molecule has 4 nitrogen and oxygen atoms in total. The zero-order valence-corrected chi connectivity index (χ0v) is 41.2. The van der Waals surface area contributed by atoms with Crippen LogP contribution in [0.2, 0.25) is 0 Å². The van der Waals surface area contributed by atoms with Gasteiger partial charge in [0.05, 0.1) is 12.2 Å². The summed E-state index contributed by atoms with van der Waals surface area (Å²) in [5.74, 6) is 2.29. The van der Waals surface area contributed by atoms with Gasteiger partial charge in [-0.05, 0) is 137 Å². The van der Waals surface area contributed by atoms with Gasteiger partial charge < -0.3 is 19.7 Å². The van der Waals surface area contributed by atoms with Gasteiger partial charge >= 0.3 is 0 Å². The topological polar surface area (TPSA) is 58.9 Å². The van der Waals surface area contributed by atoms with E-state index >= 15 is 0 Å². The Balaban J connectivity index is 1.26. The highest BCUT2D eigenvalue weighted by Gasteiger charge is 2.32. The van der Waals surface area contributed by atoms with E-state index in [-0.39, 0.29) is 45.4 Å². The fraction of sp³-hybridized carbons (Fsp3) is 0.424. The van der Waals surface area contributed by atoms with E-state index in [1.54, 1.807) is 0 Å². The van der Waals surface area contributed by atoms with Crippen LogP contribution < -0.4 is 9.47 Å². The van der Waals surface area contributed by atoms with Gasteiger partial charge in [0.25, 0.3) is 0 Å². The van der Waals surface area contributed by atoms with Crippen LogP contribution in [0.3, 0.4) is 0 Å². The molecule has 0 amide bonds. The minimum absolute atomic E-state index is 0.0152. The van der Waals surface area contributed by atoms with Gasteiger partial charge in [-0.25, -0.2) is 0 Å². The first-order valence-electron chi connectivity index (χ1n) is 23.0. The lowest BCUT2D eigenvalue weighted by Crippen LogP contribution is -2.23. The second-order valence-electron chi connectivity index (χ2n) is 22.5. The minimum Gasteiger partial charge on any atom is -0.507 e. The summed E-state index contributed by atoms with van der Waals surface area (Å²) >= 11 is 0. The summed E-state index contributed by atoms with van der Waals surface area (Å²) in [6.45, 7) is 35.5. The number of ether oxygens (including phenoxy) is 2. The molecule has 0 radical (unpaired) electrons. The molecule has 1 unspecified atom stereocenters. The average Bonchev–Trinajstić information content (AvgIpc) is 3.18. The Kier molecular flexibility index (Phi) is 13.3. The van der Waals surface area contributed by atoms with Crippen LogP contribution in [0, 0.1) is 30.6 Å². The molecule has 0 fully saturated rings. The number of hydrogen-bond acceptors (Lipinski definition) is 4. The standard InChI is InChI=1S/C59H74O4/c1-36-25-48(40-30-42(56(5,6)7)34-43(31-40)57(8,9)10)54(60)50(27-36)46-21-17-19-23-52(46)62-38(3)29-39(4)63-53-24-20-18-22-47(53)51-28-37(2)26-49(55(51)61)41-32-44(58(11,12)13)35-45(33-41)59(14,15)16/h17-28,30-32,34-35,38-39,45,60-61H,29,33H2,1-16H3/t38-,39-,45?/m0/s1. The summed E-state index contributed by atoms with van der Waals surface area (Å²) < 4.78 is 13.5. The molecule has 2 N–H and O–H groups in total. The van der Waals surface area contributed by atoms with E-state index in [1.165, 1.54) is 22.3 Å². The van der Waals surface area contributed by atoms with Crippen LogP contribution >= 0.6 is 0 Å². The lowest BCUT2D eigenvalue weighted by Gasteiger charge is -2.36. The smallest absolute Gasteiger partial charge is 0.131 e. The lowest BCUT2D eigenvalue weighted by atomic mass is 9.69. The van der Waals surface area contributed by atoms with E-state index in [0.29, 0.717) is 23.8 Å². The number of aryl methyl sites for hydroxylation is 2. The second kappa shape index (κ2) is 17.7. The average molecular weight is 847 g/mol. The van der Waals surface area contributed by atoms with Gasteiger partial charge in [0.15, 0.2) is 0 Å². The number of aromatic hydroxyl groups is 2. The molecule has 6 rings (SSSR count). The van der Waals surface area contributed by atoms with E-state index in [1.807, 2.05) is 54.6 Å². The quantitative estimate of drug-likeness (QED) is 0.147. The summed E-state index contributed by atoms with van der Waals surface area (Å²) in [7, 11) is 0. The third-order valence-corrected chi connectivity index (χ3v) is 12.6. The van der Waals surface area contributed by atoms with E-state index in [2.05, 4.69) is 159 Å². The number of phenols is 2. The van der Waals surface area contributed by atoms with Crippen molar-refractivity contribution in [2.75, 3.05) is 0 Å². The monoisotopic (exact) mass is 847 g/mol. The van der Waals surface area contributed by atoms with E-state index in [4.69, 9.17) is 9.47 Å². The third kappa shape index (κ3) is 10.9. The summed E-state index contributed by atoms with van der Waals surface area (Å²) in [4.78, 5) is 0. The van der Waals surface area contributed by atoms with Gasteiger partial charge in [-0.1, -0.05) is 150 Å². The molecule has 5 aromatic rings. The molecule has 1 aliphatic rings. The van der Waals surface area contributed by atoms with E-state index in [9.17, 15) is 10.2 Å². The van der Waals surface area contributed by atoms with Crippen molar-refractivity contribution in [1.29, 1.82) is 0 Å². The Morgan fingerprint density at radius 2 is 0.968 bits per heavy atom. The normalized spacial score (nSPS) is 16.0. The van der Waals surface area contributed by atoms with Crippen LogP contribution in [-0.2, 0) is 10.8 Å². The number of rotatable bonds is 10. The number of phenolic OH excluding ortho intramolecular Hbond substituents is 2. The Morgan fingerprint density at radius 1 is 0.540 bits per heavy atom. The Hall–Kier alpha value is -5.22. The Morgan fingerprint density at radius 3 is 1.41 bits per heavy atom. The molecule has 0 saturated carbocycles. The number of hydrogen-bond donors (Lipinski definition) is 2. The summed E-state index contributed by atoms with van der Waals surface area (Å²) in [5, 5.41) is 24.3. The van der Waals surface area contributed by atoms with Gasteiger partial charge in [-0.3, -0.25) is 0 Å². The fourth-order valence-corrected chi connectivity index (χ4v) is 8.68. The highest BCUT2D eigenvalue weighted by Crippen LogP contribution is 2.49. The lowest BCUT2D eigenvalue weighted by molar-refractivity contribution is 0.131. The number of para-hydroxylation sites is 2. The summed E-state index contributed by atoms with van der Waals surface area (Å²) in [6, 6.07) is 31.1. The number of allylic oxidation sites excluding steroid dienone is 4. The molecule has 1 aliphatic carbocycles. The van der Waals surface area contributed by atoms with Gasteiger partial charge in [0.1, 0.15) is 23.0 Å². The van der Waals surface area contributed by atoms with Crippen molar-refractivity contribution < 1.29 is 19.7 Å². The zero-order chi connectivity index (χ0) is 46.4. The fourth-order valence-electron chi connectivity index (χ4n) is 8.68. The maximum atomic E-state index is 12.1. The molecular formula is C59H74O4. The van der Waals surface area contributed by atoms with Crippen molar-refractivity contribution in [3.8, 4) is 56.4 Å². The van der Waals surface area contributed by atoms with Gasteiger partial charge in [0, 0.05) is 39.8 Å². The molecule has 0 saturated heterocycles. The molecule has 5 aromatic carbocycles. The van der Waals surface area contributed by atoms with Crippen LogP contribution in [0.15, 0.2) is 109 Å². The predicted molar refractivity (Wildman–Crippen MR) is 267 cm³/mol. The van der Waals surface area contributed by atoms with Crippen molar-refractivity contribution in [3.63, 3.8) is 0 Å². The maximum Gasteiger partial charge on any atom is 0.131 e. The third-order valence-electron chi connectivity index (χ3n) is 12.6. The SMILES string of the molecule is Cc1cc(C2=CC(C(C)(C)C)=CC(C(C)(C)C)C2)c(O)c(-c2ccccc2O[C@@H](C)C[C@H](C)Oc2ccccc2-c2cc(C)cc(-c3cc(C(C)(C)C)cc(C(C)(C)C)c3)c2O)c1. The molecule has 334 valence electrons. The van der Waals surface area contributed by atoms with Crippen molar-refractivity contribution in [1.82, 2.24) is 0 Å². The molecule has 0 heterocycles. The first kappa shape index (κ1) is 47.3. The molecule has 4 heteroatoms. The Labute approximate surface area is 380 Å². The second-order valence-corrected chi connectivity index (χ2v) is 22.5. The highest BCUT2D eigenvalue weighted by atomic mass is 16.5. The highest BCUT2D eigenvalue weighted by molar-refractivity contribution is 5.86. The molecule has 0 aromatic heterocycles. The summed E-state index contributed by atoms with van der Waals surface area (Å²) in [6.07, 6.45) is 5.80. The molecule has 0 aliphatic heterocycles. The van der Waals surface area contributed by atoms with Crippen molar-refractivity contribution >= 4 is 5.57 Å². The van der Waals surface area contributed by atoms with Crippen molar-refractivity contribution in [2.45, 2.75) is 147 Å². The zero-order valence-electron chi connectivity index (χ0n) is 41.2. The first-order valence-corrected chi connectivity index (χ1v) is 23.0. The summed E-state index contributed by atoms with van der Waals surface area (Å²) in [5.41, 5.74) is 13.0. The van der Waals surface area contributed by atoms with E-state index in [0.717, 1.165) is 56.5 Å². The van der Waals surface area contributed by atoms with Crippen LogP contribution in [-0.4, -0.2) is 22.4 Å². The largest absolute Gasteiger partial charge is 0.507 e. The van der Waals surface area contributed by atoms with Crippen LogP contribution in [0.1, 0.15) is 138 Å².